The first-order valence-corrected chi connectivity index (χ1v) is 11.0. The highest BCUT2D eigenvalue weighted by atomic mass is 16.2. The van der Waals surface area contributed by atoms with Crippen molar-refractivity contribution in [2.75, 3.05) is 19.6 Å². The number of rotatable bonds is 5. The van der Waals surface area contributed by atoms with Gasteiger partial charge in [-0.25, -0.2) is 0 Å². The van der Waals surface area contributed by atoms with Crippen molar-refractivity contribution < 1.29 is 4.79 Å². The largest absolute Gasteiger partial charge is 0.346 e. The van der Waals surface area contributed by atoms with Gasteiger partial charge in [-0.1, -0.05) is 24.3 Å². The SMILES string of the molecule is C=C[C@H]1CN2CC[C@H]1C[C@H]2[C@@H](NC(=O)C1CCCN1)c1ccnc2ccccc12. The molecule has 5 heterocycles. The summed E-state index contributed by atoms with van der Waals surface area (Å²) in [6.07, 6.45) is 8.34. The van der Waals surface area contributed by atoms with Gasteiger partial charge in [0.05, 0.1) is 17.6 Å². The summed E-state index contributed by atoms with van der Waals surface area (Å²) >= 11 is 0. The van der Waals surface area contributed by atoms with Gasteiger partial charge in [-0.2, -0.15) is 0 Å². The first-order valence-electron chi connectivity index (χ1n) is 11.0. The maximum atomic E-state index is 13.1. The van der Waals surface area contributed by atoms with Crippen molar-refractivity contribution in [1.29, 1.82) is 0 Å². The van der Waals surface area contributed by atoms with Crippen molar-refractivity contribution in [2.45, 2.75) is 43.8 Å². The Kier molecular flexibility index (Phi) is 5.10. The molecule has 4 aliphatic rings. The molecule has 5 nitrogen and oxygen atoms in total. The lowest BCUT2D eigenvalue weighted by Crippen LogP contribution is -2.58. The molecule has 1 aromatic heterocycles. The van der Waals surface area contributed by atoms with E-state index in [1.54, 1.807) is 0 Å². The van der Waals surface area contributed by atoms with Crippen LogP contribution in [-0.2, 0) is 4.79 Å². The Labute approximate surface area is 172 Å². The Balaban J connectivity index is 1.51. The summed E-state index contributed by atoms with van der Waals surface area (Å²) in [5.74, 6) is 1.37. The summed E-state index contributed by atoms with van der Waals surface area (Å²) in [7, 11) is 0. The Morgan fingerprint density at radius 3 is 2.97 bits per heavy atom. The van der Waals surface area contributed by atoms with Crippen LogP contribution in [0.1, 0.15) is 37.3 Å². The van der Waals surface area contributed by atoms with Crippen molar-refractivity contribution >= 4 is 16.8 Å². The molecule has 6 atom stereocenters. The normalized spacial score (nSPS) is 32.2. The Hall–Kier alpha value is -2.24. The van der Waals surface area contributed by atoms with Crippen LogP contribution in [0.4, 0.5) is 0 Å². The lowest BCUT2D eigenvalue weighted by atomic mass is 9.73. The first-order chi connectivity index (χ1) is 14.2. The van der Waals surface area contributed by atoms with Crippen LogP contribution in [0.3, 0.4) is 0 Å². The molecule has 0 saturated carbocycles. The van der Waals surface area contributed by atoms with Crippen LogP contribution in [-0.4, -0.2) is 47.5 Å². The number of fused-ring (bicyclic) bond motifs is 4. The van der Waals surface area contributed by atoms with Crippen LogP contribution in [0.5, 0.6) is 0 Å². The molecule has 2 aromatic rings. The molecule has 0 radical (unpaired) electrons. The van der Waals surface area contributed by atoms with Gasteiger partial charge in [0.1, 0.15) is 0 Å². The summed E-state index contributed by atoms with van der Waals surface area (Å²) < 4.78 is 0. The van der Waals surface area contributed by atoms with E-state index in [1.807, 2.05) is 12.3 Å². The molecule has 6 rings (SSSR count). The number of hydrogen-bond donors (Lipinski definition) is 2. The number of carbonyl (C=O) groups excluding carboxylic acids is 1. The smallest absolute Gasteiger partial charge is 0.237 e. The zero-order valence-electron chi connectivity index (χ0n) is 16.9. The van der Waals surface area contributed by atoms with Gasteiger partial charge in [0, 0.05) is 24.2 Å². The molecule has 4 aliphatic heterocycles. The summed E-state index contributed by atoms with van der Waals surface area (Å²) in [6.45, 7) is 7.15. The van der Waals surface area contributed by atoms with E-state index in [4.69, 9.17) is 0 Å². The highest BCUT2D eigenvalue weighted by Crippen LogP contribution is 2.42. The molecule has 0 aliphatic carbocycles. The molecule has 4 saturated heterocycles. The highest BCUT2D eigenvalue weighted by molar-refractivity contribution is 5.85. The Morgan fingerprint density at radius 1 is 1.31 bits per heavy atom. The molecule has 5 heteroatoms. The fraction of sp³-hybridized carbons (Fsp3) is 0.500. The van der Waals surface area contributed by atoms with Gasteiger partial charge in [-0.3, -0.25) is 14.7 Å². The second-order valence-electron chi connectivity index (χ2n) is 8.80. The lowest BCUT2D eigenvalue weighted by molar-refractivity contribution is -0.124. The van der Waals surface area contributed by atoms with Gasteiger partial charge >= 0.3 is 0 Å². The monoisotopic (exact) mass is 390 g/mol. The predicted octanol–water partition coefficient (Wildman–Crippen LogP) is 3.04. The molecule has 2 N–H and O–H groups in total. The van der Waals surface area contributed by atoms with Gasteiger partial charge in [0.15, 0.2) is 0 Å². The van der Waals surface area contributed by atoms with E-state index in [-0.39, 0.29) is 18.0 Å². The Bertz CT molecular complexity index is 901. The van der Waals surface area contributed by atoms with Crippen LogP contribution in [0, 0.1) is 11.8 Å². The molecule has 1 aromatic carbocycles. The third-order valence-corrected chi connectivity index (χ3v) is 7.23. The Morgan fingerprint density at radius 2 is 2.21 bits per heavy atom. The molecule has 0 spiro atoms. The van der Waals surface area contributed by atoms with Crippen molar-refractivity contribution in [2.24, 2.45) is 11.8 Å². The molecular formula is C24H30N4O. The number of carbonyl (C=O) groups is 1. The lowest BCUT2D eigenvalue weighted by Gasteiger charge is -2.51. The summed E-state index contributed by atoms with van der Waals surface area (Å²) in [5.41, 5.74) is 2.18. The average molecular weight is 391 g/mol. The highest BCUT2D eigenvalue weighted by Gasteiger charge is 2.43. The quantitative estimate of drug-likeness (QED) is 0.771. The number of benzene rings is 1. The summed E-state index contributed by atoms with van der Waals surface area (Å²) in [5, 5.41) is 7.95. The number of piperidine rings is 3. The van der Waals surface area contributed by atoms with Crippen molar-refractivity contribution in [3.05, 3.63) is 54.7 Å². The summed E-state index contributed by atoms with van der Waals surface area (Å²) in [4.78, 5) is 20.2. The average Bonchev–Trinajstić information content (AvgIpc) is 3.32. The number of hydrogen-bond acceptors (Lipinski definition) is 4. The van der Waals surface area contributed by atoms with Crippen LogP contribution >= 0.6 is 0 Å². The first kappa shape index (κ1) is 18.8. The van der Waals surface area contributed by atoms with Gasteiger partial charge in [0.2, 0.25) is 5.91 Å². The molecule has 2 bridgehead atoms. The van der Waals surface area contributed by atoms with E-state index in [9.17, 15) is 4.79 Å². The van der Waals surface area contributed by atoms with Gasteiger partial charge in [-0.05, 0) is 68.3 Å². The van der Waals surface area contributed by atoms with E-state index in [0.29, 0.717) is 17.9 Å². The van der Waals surface area contributed by atoms with Crippen LogP contribution < -0.4 is 10.6 Å². The van der Waals surface area contributed by atoms with Gasteiger partial charge in [-0.15, -0.1) is 6.58 Å². The molecule has 2 unspecified atom stereocenters. The third-order valence-electron chi connectivity index (χ3n) is 7.23. The maximum Gasteiger partial charge on any atom is 0.237 e. The minimum Gasteiger partial charge on any atom is -0.346 e. The van der Waals surface area contributed by atoms with Crippen molar-refractivity contribution in [1.82, 2.24) is 20.5 Å². The zero-order valence-corrected chi connectivity index (χ0v) is 16.9. The minimum absolute atomic E-state index is 0.0219. The number of nitrogens with one attached hydrogen (secondary N) is 2. The van der Waals surface area contributed by atoms with E-state index >= 15 is 0 Å². The maximum absolute atomic E-state index is 13.1. The summed E-state index contributed by atoms with van der Waals surface area (Å²) in [6, 6.07) is 10.6. The van der Waals surface area contributed by atoms with E-state index in [1.165, 1.54) is 12.0 Å². The van der Waals surface area contributed by atoms with Crippen molar-refractivity contribution in [3.8, 4) is 0 Å². The van der Waals surface area contributed by atoms with E-state index in [2.05, 4.69) is 57.4 Å². The molecule has 1 amide bonds. The minimum atomic E-state index is -0.0673. The van der Waals surface area contributed by atoms with Crippen LogP contribution in [0.2, 0.25) is 0 Å². The third kappa shape index (κ3) is 3.47. The zero-order chi connectivity index (χ0) is 19.8. The topological polar surface area (TPSA) is 57.3 Å². The predicted molar refractivity (Wildman–Crippen MR) is 115 cm³/mol. The number of nitrogens with zero attached hydrogens (tertiary/aromatic N) is 2. The molecule has 152 valence electrons. The molecule has 4 fully saturated rings. The second kappa shape index (κ2) is 7.88. The molecular weight excluding hydrogens is 360 g/mol. The molecule has 29 heavy (non-hydrogen) atoms. The number of aromatic nitrogens is 1. The van der Waals surface area contributed by atoms with Crippen LogP contribution in [0.15, 0.2) is 49.2 Å². The fourth-order valence-electron chi connectivity index (χ4n) is 5.66. The van der Waals surface area contributed by atoms with Gasteiger partial charge in [0.25, 0.3) is 0 Å². The number of amides is 1. The van der Waals surface area contributed by atoms with Crippen LogP contribution in [0.25, 0.3) is 10.9 Å². The second-order valence-corrected chi connectivity index (χ2v) is 8.80. The standard InChI is InChI=1S/C24H30N4O/c1-2-16-15-28-13-10-17(16)14-22(28)23(27-24(29)21-8-5-11-25-21)19-9-12-26-20-7-4-3-6-18(19)20/h2-4,6-7,9,12,16-17,21-23,25H,1,5,8,10-11,13-15H2,(H,27,29)/t16-,17-,21?,22-,23-/m0/s1. The van der Waals surface area contributed by atoms with Gasteiger partial charge < -0.3 is 10.6 Å². The number of pyridine rings is 1. The van der Waals surface area contributed by atoms with E-state index < -0.39 is 0 Å². The fourth-order valence-corrected chi connectivity index (χ4v) is 5.66. The van der Waals surface area contributed by atoms with E-state index in [0.717, 1.165) is 49.8 Å². The number of para-hydroxylation sites is 1. The van der Waals surface area contributed by atoms with Crippen molar-refractivity contribution in [3.63, 3.8) is 0 Å².